The molecular weight excluding hydrogens is 1220 g/mol. The average Bonchev–Trinajstić information content (AvgIpc) is 1.63. The second-order valence-electron chi connectivity index (χ2n) is 26.1. The summed E-state index contributed by atoms with van der Waals surface area (Å²) in [5.41, 5.74) is 28.7. The van der Waals surface area contributed by atoms with Gasteiger partial charge in [0.1, 0.15) is 51.0 Å². The fraction of sp³-hybridized carbons (Fsp3) is 0.229. The van der Waals surface area contributed by atoms with E-state index >= 15 is 0 Å². The van der Waals surface area contributed by atoms with E-state index in [4.69, 9.17) is 13.2 Å². The van der Waals surface area contributed by atoms with Gasteiger partial charge in [0.15, 0.2) is 0 Å². The van der Waals surface area contributed by atoms with E-state index in [2.05, 4.69) is 243 Å². The van der Waals surface area contributed by atoms with Crippen LogP contribution in [-0.2, 0) is 56.4 Å². The van der Waals surface area contributed by atoms with E-state index in [1.165, 1.54) is 73.0 Å². The smallest absolute Gasteiger partial charge is 0.231 e. The monoisotopic (exact) mass is 1320 g/mol. The zero-order valence-electron chi connectivity index (χ0n) is 65.7. The number of fused-ring (bicyclic) bond motifs is 4. The van der Waals surface area contributed by atoms with E-state index in [1.54, 1.807) is 25.3 Å². The Morgan fingerprint density at radius 3 is 1.21 bits per heavy atom. The molecule has 498 valence electrons. The van der Waals surface area contributed by atoms with Gasteiger partial charge >= 0.3 is 0 Å². The van der Waals surface area contributed by atoms with Crippen molar-refractivity contribution in [3.63, 3.8) is 0 Å². The van der Waals surface area contributed by atoms with Crippen molar-refractivity contribution in [2.45, 2.75) is 76.0 Å². The Hall–Kier alpha value is -11.5. The molecular formula is C83H90N16+4. The lowest BCUT2D eigenvalue weighted by Gasteiger charge is -2.09. The van der Waals surface area contributed by atoms with Crippen LogP contribution in [-0.4, -0.2) is 55.8 Å². The fourth-order valence-electron chi connectivity index (χ4n) is 13.8. The molecule has 12 heterocycles. The van der Waals surface area contributed by atoms with Crippen molar-refractivity contribution < 1.29 is 26.5 Å². The van der Waals surface area contributed by atoms with Crippen molar-refractivity contribution in [1.82, 2.24) is 55.8 Å². The molecule has 16 rings (SSSR count). The van der Waals surface area contributed by atoms with Crippen molar-refractivity contribution in [2.24, 2.45) is 56.4 Å². The number of aryl methyl sites for hydroxylation is 15. The predicted molar refractivity (Wildman–Crippen MR) is 397 cm³/mol. The van der Waals surface area contributed by atoms with Crippen molar-refractivity contribution in [2.75, 3.05) is 0 Å². The maximum atomic E-state index is 7.72. The minimum Gasteiger partial charge on any atom is -0.308 e. The summed E-state index contributed by atoms with van der Waals surface area (Å²) in [5.74, 6) is 3.42. The van der Waals surface area contributed by atoms with Crippen LogP contribution < -0.4 is 18.3 Å². The molecule has 0 aliphatic rings. The van der Waals surface area contributed by atoms with E-state index in [1.807, 2.05) is 120 Å². The van der Waals surface area contributed by atoms with Crippen LogP contribution in [0.3, 0.4) is 0 Å². The third-order valence-electron chi connectivity index (χ3n) is 19.7. The van der Waals surface area contributed by atoms with Crippen LogP contribution >= 0.6 is 0 Å². The van der Waals surface area contributed by atoms with Gasteiger partial charge in [-0.3, -0.25) is 17.6 Å². The van der Waals surface area contributed by atoms with Crippen molar-refractivity contribution in [1.29, 1.82) is 0 Å². The zero-order valence-corrected chi connectivity index (χ0v) is 59.7. The number of rotatable bonds is 8. The van der Waals surface area contributed by atoms with E-state index in [-0.39, 0.29) is 5.69 Å². The maximum absolute atomic E-state index is 7.72. The van der Waals surface area contributed by atoms with Crippen LogP contribution in [0.5, 0.6) is 0 Å². The lowest BCUT2D eigenvalue weighted by atomic mass is 10.0. The Bertz CT molecular complexity index is 6010. The molecule has 0 radical (unpaired) electrons. The number of imidazole rings is 8. The van der Waals surface area contributed by atoms with Crippen LogP contribution in [0.2, 0.25) is 0 Å². The standard InChI is InChI=1S/C22H25N4.C21H23N4.2C20H21N4/c1-14-11-19(18-10-8-7-9-15(18)2)24(5)20(12-14)21-13-26-17(4)16(3)23-22(26)25(21)6;1-14-9-6-7-10-17(14)18-11-8-12-19(23(18)4)20-13-25-16(3)15(2)22-21(25)24(20)5;1-14-8-9-16(15(2)12-14)17-6-5-7-18(22(17)3)19-13-24-11-10-21-20(24)23(19)4;1-14-8-9-15(2)16(12-14)17-6-5-7-18(22(17)3)19-13-24-11-10-21-20(24)23(19)4/h7-13H,1-6H3;6-13H,1-5H3;2*5-13H,1-4H3/q4*+1/i;2D3;;1D3. The van der Waals surface area contributed by atoms with E-state index < -0.39 is 13.7 Å². The summed E-state index contributed by atoms with van der Waals surface area (Å²) in [5, 5.41) is 0. The first-order chi connectivity index (χ1) is 49.9. The molecule has 12 aromatic heterocycles. The van der Waals surface area contributed by atoms with Crippen molar-refractivity contribution in [3.8, 4) is 90.6 Å². The second kappa shape index (κ2) is 26.5. The quantitative estimate of drug-likeness (QED) is 0.141. The van der Waals surface area contributed by atoms with E-state index in [9.17, 15) is 0 Å². The van der Waals surface area contributed by atoms with Gasteiger partial charge in [-0.2, -0.15) is 18.3 Å². The first kappa shape index (κ1) is 58.8. The lowest BCUT2D eigenvalue weighted by Crippen LogP contribution is -2.35. The third-order valence-corrected chi connectivity index (χ3v) is 19.7. The molecule has 0 N–H and O–H groups in total. The molecule has 0 aliphatic heterocycles. The van der Waals surface area contributed by atoms with Crippen LogP contribution in [0.1, 0.15) is 69.9 Å². The molecule has 0 unspecified atom stereocenters. The Morgan fingerprint density at radius 2 is 0.727 bits per heavy atom. The summed E-state index contributed by atoms with van der Waals surface area (Å²) in [6.07, 6.45) is 15.8. The van der Waals surface area contributed by atoms with Crippen LogP contribution in [0.15, 0.2) is 201 Å². The zero-order chi connectivity index (χ0) is 75.0. The lowest BCUT2D eigenvalue weighted by molar-refractivity contribution is -0.649. The summed E-state index contributed by atoms with van der Waals surface area (Å²) < 4.78 is 71.4. The number of aromatic nitrogens is 16. The molecule has 0 amide bonds. The highest BCUT2D eigenvalue weighted by atomic mass is 15.2. The summed E-state index contributed by atoms with van der Waals surface area (Å²) in [7, 11) is 16.4. The summed E-state index contributed by atoms with van der Waals surface area (Å²) in [6, 6.07) is 52.1. The summed E-state index contributed by atoms with van der Waals surface area (Å²) in [6.45, 7) is 14.4. The average molecular weight is 1320 g/mol. The first-order valence-electron chi connectivity index (χ1n) is 36.2. The van der Waals surface area contributed by atoms with E-state index in [0.717, 1.165) is 79.7 Å². The minimum atomic E-state index is -2.22. The SMILES string of the molecule is Cc1cc(-c2ccccc2C)[n+](C)c(-c2cn3c(C)c(C)nc3n2C)c1.Cc1ccc(-c2cccc(-c3cn4ccnc4n3C)[n+]2C)c(C)c1.[2H]C([2H])([2H])c1ccc(C)c(-c2cccc(-c3cn4ccnc4n3C)[n+]2C)c1.[2H]C([2H])([2H])c1nc2n(C)c(-c3cccc(-c4ccccc4C)[n+]3C)cn2c1C. The highest BCUT2D eigenvalue weighted by molar-refractivity contribution is 5.69. The molecule has 0 bridgehead atoms. The Balaban J connectivity index is 0.000000124. The number of benzene rings is 4. The van der Waals surface area contributed by atoms with Gasteiger partial charge in [0.2, 0.25) is 68.7 Å². The highest BCUT2D eigenvalue weighted by Crippen LogP contribution is 2.31. The van der Waals surface area contributed by atoms with Crippen LogP contribution in [0, 0.1) is 76.0 Å². The molecule has 16 aromatic rings. The number of pyridine rings is 4. The molecule has 4 aromatic carbocycles. The Labute approximate surface area is 588 Å². The van der Waals surface area contributed by atoms with Crippen molar-refractivity contribution in [3.05, 3.63) is 263 Å². The summed E-state index contributed by atoms with van der Waals surface area (Å²) in [4.78, 5) is 17.9. The second-order valence-corrected chi connectivity index (χ2v) is 26.1. The topological polar surface area (TPSA) is 104 Å². The summed E-state index contributed by atoms with van der Waals surface area (Å²) >= 11 is 0. The molecule has 0 fully saturated rings. The molecule has 0 saturated heterocycles. The van der Waals surface area contributed by atoms with Gasteiger partial charge in [-0.1, -0.05) is 71.8 Å². The molecule has 0 spiro atoms. The molecule has 0 atom stereocenters. The van der Waals surface area contributed by atoms with Gasteiger partial charge in [0, 0.05) is 168 Å². The van der Waals surface area contributed by atoms with Gasteiger partial charge in [-0.05, 0) is 146 Å². The fourth-order valence-corrected chi connectivity index (χ4v) is 13.8. The number of nitrogens with zero attached hydrogens (tertiary/aromatic N) is 16. The maximum Gasteiger partial charge on any atom is 0.231 e. The minimum absolute atomic E-state index is 0.155. The highest BCUT2D eigenvalue weighted by Gasteiger charge is 2.27. The third kappa shape index (κ3) is 12.0. The Kier molecular flexibility index (Phi) is 15.7. The van der Waals surface area contributed by atoms with Gasteiger partial charge in [-0.15, -0.1) is 0 Å². The molecule has 16 nitrogen and oxygen atoms in total. The predicted octanol–water partition coefficient (Wildman–Crippen LogP) is 14.7. The number of hydrogen-bond donors (Lipinski definition) is 0. The Morgan fingerprint density at radius 1 is 0.323 bits per heavy atom. The normalized spacial score (nSPS) is 12.5. The van der Waals surface area contributed by atoms with Gasteiger partial charge in [0.05, 0.1) is 11.4 Å². The largest absolute Gasteiger partial charge is 0.308 e. The molecule has 99 heavy (non-hydrogen) atoms. The van der Waals surface area contributed by atoms with Gasteiger partial charge in [-0.25, -0.2) is 19.9 Å². The first-order valence-corrected chi connectivity index (χ1v) is 33.2. The van der Waals surface area contributed by atoms with E-state index in [0.29, 0.717) is 17.0 Å². The van der Waals surface area contributed by atoms with Crippen LogP contribution in [0.4, 0.5) is 0 Å². The van der Waals surface area contributed by atoms with Gasteiger partial charge < -0.3 is 18.3 Å². The van der Waals surface area contributed by atoms with Gasteiger partial charge in [0.25, 0.3) is 0 Å². The number of hydrogen-bond acceptors (Lipinski definition) is 4. The molecule has 16 heteroatoms. The molecule has 0 aliphatic carbocycles. The molecule has 0 saturated carbocycles. The van der Waals surface area contributed by atoms with Crippen LogP contribution in [0.25, 0.3) is 114 Å². The van der Waals surface area contributed by atoms with Crippen molar-refractivity contribution >= 4 is 23.1 Å².